The Hall–Kier alpha value is -3.54. The lowest BCUT2D eigenvalue weighted by Crippen LogP contribution is -2.12. The molecule has 0 saturated heterocycles. The van der Waals surface area contributed by atoms with Gasteiger partial charge in [-0.25, -0.2) is 9.97 Å². The molecule has 1 aromatic carbocycles. The predicted molar refractivity (Wildman–Crippen MR) is 136 cm³/mol. The average Bonchev–Trinajstić information content (AvgIpc) is 3.11. The first-order valence-corrected chi connectivity index (χ1v) is 11.6. The van der Waals surface area contributed by atoms with Crippen LogP contribution in [0.25, 0.3) is 28.0 Å². The molecule has 0 atom stereocenters. The van der Waals surface area contributed by atoms with E-state index in [1.54, 1.807) is 6.07 Å². The molecule has 6 heteroatoms. The van der Waals surface area contributed by atoms with Gasteiger partial charge in [0.25, 0.3) is 0 Å². The van der Waals surface area contributed by atoms with Gasteiger partial charge >= 0.3 is 0 Å². The van der Waals surface area contributed by atoms with E-state index in [0.29, 0.717) is 23.7 Å². The Morgan fingerprint density at radius 1 is 1.06 bits per heavy atom. The summed E-state index contributed by atoms with van der Waals surface area (Å²) >= 11 is 0. The first-order chi connectivity index (χ1) is 16.0. The molecule has 0 saturated carbocycles. The maximum absolute atomic E-state index is 13.4. The first-order valence-electron chi connectivity index (χ1n) is 11.6. The summed E-state index contributed by atoms with van der Waals surface area (Å²) in [5.41, 5.74) is 5.63. The van der Waals surface area contributed by atoms with Gasteiger partial charge in [0, 0.05) is 35.2 Å². The Kier molecular flexibility index (Phi) is 6.26. The Morgan fingerprint density at radius 3 is 2.41 bits per heavy atom. The van der Waals surface area contributed by atoms with Gasteiger partial charge in [0.05, 0.1) is 23.5 Å². The molecule has 3 aromatic heterocycles. The normalized spacial score (nSPS) is 11.9. The van der Waals surface area contributed by atoms with Crippen molar-refractivity contribution in [2.24, 2.45) is 5.41 Å². The minimum absolute atomic E-state index is 0.00495. The summed E-state index contributed by atoms with van der Waals surface area (Å²) in [7, 11) is 0. The van der Waals surface area contributed by atoms with Crippen LogP contribution in [0.5, 0.6) is 5.88 Å². The van der Waals surface area contributed by atoms with E-state index in [-0.39, 0.29) is 17.3 Å². The van der Waals surface area contributed by atoms with Crippen LogP contribution in [0, 0.1) is 19.3 Å². The highest BCUT2D eigenvalue weighted by atomic mass is 16.5. The predicted octanol–water partition coefficient (Wildman–Crippen LogP) is 6.51. The number of fused-ring (bicyclic) bond motifs is 1. The third-order valence-corrected chi connectivity index (χ3v) is 5.65. The lowest BCUT2D eigenvalue weighted by atomic mass is 9.87. The number of ketones is 1. The summed E-state index contributed by atoms with van der Waals surface area (Å²) in [5.74, 6) is 1.22. The molecule has 0 amide bonds. The Morgan fingerprint density at radius 2 is 1.76 bits per heavy atom. The maximum atomic E-state index is 13.4. The van der Waals surface area contributed by atoms with Crippen molar-refractivity contribution in [2.45, 2.75) is 61.0 Å². The molecule has 0 aliphatic heterocycles. The van der Waals surface area contributed by atoms with Crippen LogP contribution in [-0.4, -0.2) is 31.4 Å². The number of Topliss-reactive ketones (excluding diaryl/α,β-unsaturated/α-hetero) is 1. The van der Waals surface area contributed by atoms with Crippen molar-refractivity contribution in [1.82, 2.24) is 19.5 Å². The summed E-state index contributed by atoms with van der Waals surface area (Å²) in [6, 6.07) is 10.0. The lowest BCUT2D eigenvalue weighted by molar-refractivity contribution is 0.0941. The van der Waals surface area contributed by atoms with Gasteiger partial charge in [0.1, 0.15) is 12.1 Å². The second-order valence-corrected chi connectivity index (χ2v) is 10.3. The summed E-state index contributed by atoms with van der Waals surface area (Å²) in [4.78, 5) is 26.9. The van der Waals surface area contributed by atoms with Crippen LogP contribution < -0.4 is 4.74 Å². The van der Waals surface area contributed by atoms with E-state index in [9.17, 15) is 4.79 Å². The molecule has 0 fully saturated rings. The zero-order valence-electron chi connectivity index (χ0n) is 21.0. The fourth-order valence-corrected chi connectivity index (χ4v) is 4.24. The molecule has 0 spiro atoms. The standard InChI is InChI=1S/C28H32N4O2/c1-17(2)34-26-12-25(30-16-31-26)32-15-21(24(33)13-28(5,6)7)20-11-22(29-14-23(20)32)27-18(3)9-8-10-19(27)4/h8-12,14-17H,13H2,1-7H3. The van der Waals surface area contributed by atoms with Gasteiger partial charge in [0.2, 0.25) is 5.88 Å². The molecular formula is C28H32N4O2. The van der Waals surface area contributed by atoms with Gasteiger partial charge in [-0.15, -0.1) is 0 Å². The highest BCUT2D eigenvalue weighted by molar-refractivity contribution is 6.09. The lowest BCUT2D eigenvalue weighted by Gasteiger charge is -2.16. The molecule has 34 heavy (non-hydrogen) atoms. The number of nitrogens with zero attached hydrogens (tertiary/aromatic N) is 4. The monoisotopic (exact) mass is 456 g/mol. The van der Waals surface area contributed by atoms with Crippen LogP contribution in [0.15, 0.2) is 49.1 Å². The number of aromatic nitrogens is 4. The van der Waals surface area contributed by atoms with Crippen molar-refractivity contribution in [2.75, 3.05) is 0 Å². The van der Waals surface area contributed by atoms with Crippen LogP contribution in [0.1, 0.15) is 62.5 Å². The van der Waals surface area contributed by atoms with Gasteiger partial charge in [-0.05, 0) is 50.3 Å². The Labute approximate surface area is 201 Å². The van der Waals surface area contributed by atoms with E-state index in [0.717, 1.165) is 33.3 Å². The summed E-state index contributed by atoms with van der Waals surface area (Å²) < 4.78 is 7.67. The second-order valence-electron chi connectivity index (χ2n) is 10.3. The average molecular weight is 457 g/mol. The van der Waals surface area contributed by atoms with E-state index >= 15 is 0 Å². The van der Waals surface area contributed by atoms with E-state index in [1.807, 2.05) is 42.9 Å². The van der Waals surface area contributed by atoms with Gasteiger partial charge < -0.3 is 4.74 Å². The van der Waals surface area contributed by atoms with E-state index in [4.69, 9.17) is 9.72 Å². The number of carbonyl (C=O) groups excluding carboxylic acids is 1. The molecule has 176 valence electrons. The summed E-state index contributed by atoms with van der Waals surface area (Å²) in [6.45, 7) is 14.3. The fourth-order valence-electron chi connectivity index (χ4n) is 4.24. The van der Waals surface area contributed by atoms with E-state index < -0.39 is 0 Å². The van der Waals surface area contributed by atoms with Gasteiger partial charge in [-0.2, -0.15) is 0 Å². The van der Waals surface area contributed by atoms with Crippen LogP contribution in [-0.2, 0) is 0 Å². The third-order valence-electron chi connectivity index (χ3n) is 5.65. The molecule has 3 heterocycles. The van der Waals surface area contributed by atoms with Gasteiger partial charge in [-0.3, -0.25) is 14.3 Å². The van der Waals surface area contributed by atoms with Crippen LogP contribution in [0.2, 0.25) is 0 Å². The third kappa shape index (κ3) is 4.86. The van der Waals surface area contributed by atoms with Crippen LogP contribution in [0.4, 0.5) is 0 Å². The van der Waals surface area contributed by atoms with Crippen LogP contribution in [0.3, 0.4) is 0 Å². The van der Waals surface area contributed by atoms with Crippen molar-refractivity contribution >= 4 is 16.7 Å². The number of hydrogen-bond donors (Lipinski definition) is 0. The number of aryl methyl sites for hydroxylation is 2. The van der Waals surface area contributed by atoms with Gasteiger partial charge in [-0.1, -0.05) is 39.0 Å². The minimum atomic E-state index is -0.124. The van der Waals surface area contributed by atoms with E-state index in [1.165, 1.54) is 6.33 Å². The van der Waals surface area contributed by atoms with Crippen molar-refractivity contribution < 1.29 is 9.53 Å². The molecule has 4 rings (SSSR count). The maximum Gasteiger partial charge on any atom is 0.218 e. The number of carbonyl (C=O) groups is 1. The van der Waals surface area contributed by atoms with Crippen LogP contribution >= 0.6 is 0 Å². The van der Waals surface area contributed by atoms with Gasteiger partial charge in [0.15, 0.2) is 5.78 Å². The van der Waals surface area contributed by atoms with Crippen molar-refractivity contribution in [1.29, 1.82) is 0 Å². The molecule has 0 radical (unpaired) electrons. The smallest absolute Gasteiger partial charge is 0.218 e. The quantitative estimate of drug-likeness (QED) is 0.310. The zero-order chi connectivity index (χ0) is 24.6. The minimum Gasteiger partial charge on any atom is -0.475 e. The molecule has 0 bridgehead atoms. The number of rotatable bonds is 6. The molecule has 0 aliphatic carbocycles. The largest absolute Gasteiger partial charge is 0.475 e. The highest BCUT2D eigenvalue weighted by Gasteiger charge is 2.23. The number of ether oxygens (including phenoxy) is 1. The topological polar surface area (TPSA) is 69.9 Å². The Bertz CT molecular complexity index is 1340. The summed E-state index contributed by atoms with van der Waals surface area (Å²) in [6.07, 6.45) is 5.62. The Balaban J connectivity index is 1.92. The molecule has 0 aliphatic rings. The molecule has 6 nitrogen and oxygen atoms in total. The summed E-state index contributed by atoms with van der Waals surface area (Å²) in [5, 5.41) is 0.867. The second kappa shape index (κ2) is 9.01. The molecular weight excluding hydrogens is 424 g/mol. The molecule has 0 N–H and O–H groups in total. The number of hydrogen-bond acceptors (Lipinski definition) is 5. The fraction of sp³-hybridized carbons (Fsp3) is 0.357. The SMILES string of the molecule is Cc1cccc(C)c1-c1cc2c(C(=O)CC(C)(C)C)cn(-c3cc(OC(C)C)ncn3)c2cn1. The zero-order valence-corrected chi connectivity index (χ0v) is 21.0. The number of benzene rings is 1. The molecule has 4 aromatic rings. The van der Waals surface area contributed by atoms with Crippen molar-refractivity contribution in [3.63, 3.8) is 0 Å². The van der Waals surface area contributed by atoms with E-state index in [2.05, 4.69) is 56.7 Å². The van der Waals surface area contributed by atoms with Crippen molar-refractivity contribution in [3.05, 3.63) is 65.7 Å². The highest BCUT2D eigenvalue weighted by Crippen LogP contribution is 2.33. The first kappa shape index (κ1) is 23.6. The number of pyridine rings is 1. The molecule has 0 unspecified atom stereocenters. The van der Waals surface area contributed by atoms with Crippen molar-refractivity contribution in [3.8, 4) is 23.0 Å².